The summed E-state index contributed by atoms with van der Waals surface area (Å²) in [6, 6.07) is 7.52. The van der Waals surface area contributed by atoms with Crippen LogP contribution in [0.4, 0.5) is 4.39 Å². The normalized spacial score (nSPS) is 10.6. The molecule has 3 rings (SSSR count). The van der Waals surface area contributed by atoms with Gasteiger partial charge in [-0.3, -0.25) is 4.98 Å². The average Bonchev–Trinajstić information content (AvgIpc) is 3.02. The second kappa shape index (κ2) is 5.75. The van der Waals surface area contributed by atoms with Crippen LogP contribution in [0.15, 0.2) is 49.2 Å². The predicted octanol–water partition coefficient (Wildman–Crippen LogP) is 3.50. The number of nitrogens with one attached hydrogen (secondary N) is 1. The number of nitrogens with zero attached hydrogens (tertiary/aromatic N) is 2. The van der Waals surface area contributed by atoms with Crippen LogP contribution in [0, 0.1) is 12.7 Å². The Morgan fingerprint density at radius 1 is 1.19 bits per heavy atom. The lowest BCUT2D eigenvalue weighted by Crippen LogP contribution is -1.98. The van der Waals surface area contributed by atoms with E-state index in [9.17, 15) is 4.39 Å². The van der Waals surface area contributed by atoms with E-state index in [-0.39, 0.29) is 5.82 Å². The minimum atomic E-state index is -0.324. The molecule has 0 radical (unpaired) electrons. The molecule has 0 aliphatic heterocycles. The molecule has 0 aliphatic rings. The molecule has 4 nitrogen and oxygen atoms in total. The predicted molar refractivity (Wildman–Crippen MR) is 77.3 cm³/mol. The summed E-state index contributed by atoms with van der Waals surface area (Å²) < 4.78 is 19.5. The summed E-state index contributed by atoms with van der Waals surface area (Å²) in [7, 11) is 0. The van der Waals surface area contributed by atoms with Crippen molar-refractivity contribution in [1.29, 1.82) is 0 Å². The number of hydrogen-bond acceptors (Lipinski definition) is 3. The van der Waals surface area contributed by atoms with Crippen molar-refractivity contribution in [3.63, 3.8) is 0 Å². The highest BCUT2D eigenvalue weighted by molar-refractivity contribution is 5.72. The number of aromatic nitrogens is 3. The number of para-hydroxylation sites is 1. The number of pyridine rings is 1. The number of benzene rings is 1. The summed E-state index contributed by atoms with van der Waals surface area (Å²) in [4.78, 5) is 10.9. The first-order valence-electron chi connectivity index (χ1n) is 6.55. The van der Waals surface area contributed by atoms with Crippen molar-refractivity contribution in [1.82, 2.24) is 15.0 Å². The molecule has 21 heavy (non-hydrogen) atoms. The first-order valence-corrected chi connectivity index (χ1v) is 6.55. The molecule has 0 saturated heterocycles. The summed E-state index contributed by atoms with van der Waals surface area (Å²) in [5, 5.41) is 0. The van der Waals surface area contributed by atoms with Gasteiger partial charge in [-0.15, -0.1) is 0 Å². The lowest BCUT2D eigenvalue weighted by Gasteiger charge is -2.12. The number of imidazole rings is 1. The van der Waals surface area contributed by atoms with E-state index >= 15 is 0 Å². The Morgan fingerprint density at radius 3 is 2.86 bits per heavy atom. The maximum atomic E-state index is 13.7. The zero-order valence-electron chi connectivity index (χ0n) is 11.5. The molecule has 106 valence electrons. The van der Waals surface area contributed by atoms with E-state index in [0.717, 1.165) is 16.8 Å². The number of halogens is 1. The van der Waals surface area contributed by atoms with Crippen LogP contribution in [0.1, 0.15) is 11.3 Å². The number of ether oxygens (including phenoxy) is 1. The molecule has 0 aliphatic carbocycles. The quantitative estimate of drug-likeness (QED) is 0.797. The van der Waals surface area contributed by atoms with Crippen LogP contribution in [0.5, 0.6) is 5.75 Å². The van der Waals surface area contributed by atoms with E-state index in [0.29, 0.717) is 17.9 Å². The Kier molecular flexibility index (Phi) is 3.64. The molecule has 0 amide bonds. The lowest BCUT2D eigenvalue weighted by atomic mass is 10.0. The summed E-state index contributed by atoms with van der Waals surface area (Å²) >= 11 is 0. The number of aromatic amines is 1. The van der Waals surface area contributed by atoms with Crippen molar-refractivity contribution in [2.75, 3.05) is 0 Å². The van der Waals surface area contributed by atoms with Crippen molar-refractivity contribution in [2.24, 2.45) is 0 Å². The van der Waals surface area contributed by atoms with Gasteiger partial charge in [0, 0.05) is 23.5 Å². The molecule has 0 bridgehead atoms. The Hall–Kier alpha value is -2.69. The molecule has 0 fully saturated rings. The summed E-state index contributed by atoms with van der Waals surface area (Å²) in [5.41, 5.74) is 2.91. The standard InChI is InChI=1S/C16H14FN3O/c1-11-14(7-18-8-15(11)17)13-4-2-3-5-16(13)21-9-12-6-19-10-20-12/h2-8,10H,9H2,1H3,(H,19,20). The third kappa shape index (κ3) is 2.76. The van der Waals surface area contributed by atoms with E-state index in [4.69, 9.17) is 4.74 Å². The van der Waals surface area contributed by atoms with Crippen LogP contribution >= 0.6 is 0 Å². The van der Waals surface area contributed by atoms with Gasteiger partial charge in [-0.1, -0.05) is 18.2 Å². The van der Waals surface area contributed by atoms with Crippen LogP contribution < -0.4 is 4.74 Å². The fraction of sp³-hybridized carbons (Fsp3) is 0.125. The van der Waals surface area contributed by atoms with Gasteiger partial charge in [0.2, 0.25) is 0 Å². The highest BCUT2D eigenvalue weighted by Crippen LogP contribution is 2.32. The van der Waals surface area contributed by atoms with Gasteiger partial charge in [0.25, 0.3) is 0 Å². The van der Waals surface area contributed by atoms with Gasteiger partial charge in [0.15, 0.2) is 0 Å². The van der Waals surface area contributed by atoms with E-state index in [1.807, 2.05) is 24.3 Å². The number of rotatable bonds is 4. The van der Waals surface area contributed by atoms with Crippen molar-refractivity contribution >= 4 is 0 Å². The monoisotopic (exact) mass is 283 g/mol. The van der Waals surface area contributed by atoms with Crippen LogP contribution in [0.2, 0.25) is 0 Å². The Balaban J connectivity index is 1.94. The third-order valence-electron chi connectivity index (χ3n) is 3.26. The molecule has 2 heterocycles. The minimum Gasteiger partial charge on any atom is -0.487 e. The molecule has 0 atom stereocenters. The molecule has 1 N–H and O–H groups in total. The van der Waals surface area contributed by atoms with Crippen LogP contribution in [-0.4, -0.2) is 15.0 Å². The van der Waals surface area contributed by atoms with Gasteiger partial charge >= 0.3 is 0 Å². The average molecular weight is 283 g/mol. The van der Waals surface area contributed by atoms with Crippen LogP contribution in [-0.2, 0) is 6.61 Å². The van der Waals surface area contributed by atoms with Crippen LogP contribution in [0.3, 0.4) is 0 Å². The van der Waals surface area contributed by atoms with Gasteiger partial charge in [-0.05, 0) is 18.6 Å². The highest BCUT2D eigenvalue weighted by Gasteiger charge is 2.11. The molecule has 0 spiro atoms. The first-order chi connectivity index (χ1) is 10.3. The SMILES string of the molecule is Cc1c(F)cncc1-c1ccccc1OCc1c[nH]cn1. The highest BCUT2D eigenvalue weighted by atomic mass is 19.1. The van der Waals surface area contributed by atoms with Gasteiger partial charge in [-0.25, -0.2) is 9.37 Å². The fourth-order valence-electron chi connectivity index (χ4n) is 2.11. The lowest BCUT2D eigenvalue weighted by molar-refractivity contribution is 0.303. The molecule has 0 saturated carbocycles. The molecule has 0 unspecified atom stereocenters. The van der Waals surface area contributed by atoms with Crippen molar-refractivity contribution in [3.8, 4) is 16.9 Å². The third-order valence-corrected chi connectivity index (χ3v) is 3.26. The minimum absolute atomic E-state index is 0.324. The molecule has 3 aromatic rings. The fourth-order valence-corrected chi connectivity index (χ4v) is 2.11. The maximum Gasteiger partial charge on any atom is 0.145 e. The Morgan fingerprint density at radius 2 is 2.05 bits per heavy atom. The molecular formula is C16H14FN3O. The van der Waals surface area contributed by atoms with E-state index in [1.54, 1.807) is 25.6 Å². The second-order valence-corrected chi connectivity index (χ2v) is 4.64. The largest absolute Gasteiger partial charge is 0.487 e. The van der Waals surface area contributed by atoms with E-state index < -0.39 is 0 Å². The molecule has 2 aromatic heterocycles. The summed E-state index contributed by atoms with van der Waals surface area (Å²) in [5.74, 6) is 0.352. The van der Waals surface area contributed by atoms with Gasteiger partial charge in [0.1, 0.15) is 18.2 Å². The van der Waals surface area contributed by atoms with Crippen LogP contribution in [0.25, 0.3) is 11.1 Å². The number of H-pyrrole nitrogens is 1. The summed E-state index contributed by atoms with van der Waals surface area (Å²) in [6.07, 6.45) is 6.24. The van der Waals surface area contributed by atoms with Gasteiger partial charge in [0.05, 0.1) is 18.2 Å². The zero-order chi connectivity index (χ0) is 14.7. The summed E-state index contributed by atoms with van der Waals surface area (Å²) in [6.45, 7) is 2.08. The molecular weight excluding hydrogens is 269 g/mol. The second-order valence-electron chi connectivity index (χ2n) is 4.64. The maximum absolute atomic E-state index is 13.7. The molecule has 5 heteroatoms. The Labute approximate surface area is 121 Å². The zero-order valence-corrected chi connectivity index (χ0v) is 11.5. The topological polar surface area (TPSA) is 50.8 Å². The smallest absolute Gasteiger partial charge is 0.145 e. The van der Waals surface area contributed by atoms with E-state index in [2.05, 4.69) is 15.0 Å². The van der Waals surface area contributed by atoms with Gasteiger partial charge in [-0.2, -0.15) is 0 Å². The Bertz CT molecular complexity index is 741. The van der Waals surface area contributed by atoms with Crippen molar-refractivity contribution in [3.05, 3.63) is 66.3 Å². The molecule has 1 aromatic carbocycles. The first kappa shape index (κ1) is 13.3. The van der Waals surface area contributed by atoms with Crippen molar-refractivity contribution in [2.45, 2.75) is 13.5 Å². The number of hydrogen-bond donors (Lipinski definition) is 1. The van der Waals surface area contributed by atoms with Crippen molar-refractivity contribution < 1.29 is 9.13 Å². The van der Waals surface area contributed by atoms with Gasteiger partial charge < -0.3 is 9.72 Å². The van der Waals surface area contributed by atoms with E-state index in [1.165, 1.54) is 6.20 Å².